The van der Waals surface area contributed by atoms with Crippen LogP contribution < -0.4 is 20.7 Å². The number of aromatic nitrogens is 2. The van der Waals surface area contributed by atoms with Gasteiger partial charge in [-0.1, -0.05) is 42.0 Å². The van der Waals surface area contributed by atoms with Gasteiger partial charge in [0.05, 0.1) is 29.2 Å². The molecule has 0 aliphatic heterocycles. The monoisotopic (exact) mass is 460 g/mol. The van der Waals surface area contributed by atoms with Gasteiger partial charge in [0, 0.05) is 11.6 Å². The molecular weight excluding hydrogens is 440 g/mol. The van der Waals surface area contributed by atoms with Gasteiger partial charge in [-0.05, 0) is 30.7 Å². The van der Waals surface area contributed by atoms with Crippen LogP contribution in [0.2, 0.25) is 0 Å². The van der Waals surface area contributed by atoms with E-state index in [1.807, 2.05) is 31.2 Å². The Bertz CT molecular complexity index is 1520. The first kappa shape index (κ1) is 22.5. The Hall–Kier alpha value is -4.73. The third kappa shape index (κ3) is 4.56. The maximum Gasteiger partial charge on any atom is 0.349 e. The number of methoxy groups -OCH3 is 1. The quantitative estimate of drug-likeness (QED) is 0.256. The van der Waals surface area contributed by atoms with Crippen LogP contribution in [-0.4, -0.2) is 27.9 Å². The Labute approximate surface area is 192 Å². The first-order valence-corrected chi connectivity index (χ1v) is 10.2. The Morgan fingerprint density at radius 1 is 1.12 bits per heavy atom. The normalized spacial score (nSPS) is 11.1. The van der Waals surface area contributed by atoms with Gasteiger partial charge in [-0.25, -0.2) is 4.79 Å². The molecule has 1 N–H and O–H groups in total. The summed E-state index contributed by atoms with van der Waals surface area (Å²) in [5, 5.41) is 16.0. The highest BCUT2D eigenvalue weighted by atomic mass is 16.6. The second-order valence-electron chi connectivity index (χ2n) is 7.44. The van der Waals surface area contributed by atoms with Gasteiger partial charge < -0.3 is 14.5 Å². The molecule has 0 spiro atoms. The zero-order valence-corrected chi connectivity index (χ0v) is 18.3. The van der Waals surface area contributed by atoms with Crippen LogP contribution in [0.3, 0.4) is 0 Å². The van der Waals surface area contributed by atoms with Crippen molar-refractivity contribution in [3.05, 3.63) is 108 Å². The molecule has 0 bridgehead atoms. The fraction of sp³-hybridized carbons (Fsp3) is 0.125. The van der Waals surface area contributed by atoms with Crippen LogP contribution in [-0.2, 0) is 6.61 Å². The van der Waals surface area contributed by atoms with E-state index in [0.717, 1.165) is 11.1 Å². The zero-order valence-electron chi connectivity index (χ0n) is 18.3. The van der Waals surface area contributed by atoms with Gasteiger partial charge in [0.1, 0.15) is 6.61 Å². The molecule has 0 saturated carbocycles. The van der Waals surface area contributed by atoms with E-state index in [4.69, 9.17) is 9.47 Å². The molecule has 172 valence electrons. The molecule has 0 aliphatic carbocycles. The highest BCUT2D eigenvalue weighted by Gasteiger charge is 2.22. The first-order chi connectivity index (χ1) is 16.4. The Balaban J connectivity index is 1.70. The van der Waals surface area contributed by atoms with Crippen molar-refractivity contribution < 1.29 is 14.4 Å². The lowest BCUT2D eigenvalue weighted by Gasteiger charge is -2.12. The van der Waals surface area contributed by atoms with Crippen LogP contribution in [0, 0.1) is 17.0 Å². The molecule has 4 aromatic rings. The number of ether oxygens (including phenoxy) is 2. The average Bonchev–Trinajstić information content (AvgIpc) is 2.83. The Kier molecular flexibility index (Phi) is 6.22. The van der Waals surface area contributed by atoms with E-state index >= 15 is 0 Å². The summed E-state index contributed by atoms with van der Waals surface area (Å²) < 4.78 is 11.7. The van der Waals surface area contributed by atoms with Gasteiger partial charge in [-0.15, -0.1) is 4.68 Å². The maximum atomic E-state index is 12.6. The molecule has 1 aromatic heterocycles. The number of nitro benzene ring substituents is 1. The Morgan fingerprint density at radius 3 is 2.56 bits per heavy atom. The molecule has 10 heteroatoms. The molecule has 3 aromatic carbocycles. The maximum absolute atomic E-state index is 12.6. The lowest BCUT2D eigenvalue weighted by molar-refractivity contribution is -0.386. The third-order valence-corrected chi connectivity index (χ3v) is 5.08. The molecule has 4 rings (SSSR count). The van der Waals surface area contributed by atoms with Crippen molar-refractivity contribution in [1.82, 2.24) is 9.66 Å². The number of para-hydroxylation sites is 1. The van der Waals surface area contributed by atoms with E-state index in [-0.39, 0.29) is 34.7 Å². The fourth-order valence-electron chi connectivity index (χ4n) is 3.34. The molecule has 0 saturated heterocycles. The number of H-pyrrole nitrogens is 1. The van der Waals surface area contributed by atoms with Crippen LogP contribution in [0.1, 0.15) is 16.7 Å². The predicted molar refractivity (Wildman–Crippen MR) is 127 cm³/mol. The molecule has 0 radical (unpaired) electrons. The van der Waals surface area contributed by atoms with Crippen LogP contribution >= 0.6 is 0 Å². The summed E-state index contributed by atoms with van der Waals surface area (Å²) >= 11 is 0. The summed E-state index contributed by atoms with van der Waals surface area (Å²) in [6, 6.07) is 16.8. The number of nitrogens with zero attached hydrogens (tertiary/aromatic N) is 3. The van der Waals surface area contributed by atoms with Crippen molar-refractivity contribution in [3.8, 4) is 11.5 Å². The molecule has 0 aliphatic rings. The minimum absolute atomic E-state index is 0.0362. The van der Waals surface area contributed by atoms with Gasteiger partial charge in [0.15, 0.2) is 5.75 Å². The highest BCUT2D eigenvalue weighted by molar-refractivity contribution is 5.83. The SMILES string of the molecule is COc1cc(C=Nn2c(=O)[nH]c3ccccc3c2=O)cc([N+](=O)[O-])c1OCc1ccc(C)cc1. The number of fused-ring (bicyclic) bond motifs is 1. The topological polar surface area (TPSA) is 129 Å². The molecule has 0 atom stereocenters. The summed E-state index contributed by atoms with van der Waals surface area (Å²) in [5.41, 5.74) is 0.854. The smallest absolute Gasteiger partial charge is 0.349 e. The van der Waals surface area contributed by atoms with Crippen molar-refractivity contribution in [1.29, 1.82) is 0 Å². The van der Waals surface area contributed by atoms with E-state index in [1.54, 1.807) is 24.3 Å². The van der Waals surface area contributed by atoms with Crippen LogP contribution in [0.25, 0.3) is 10.9 Å². The summed E-state index contributed by atoms with van der Waals surface area (Å²) in [6.07, 6.45) is 1.17. The van der Waals surface area contributed by atoms with Gasteiger partial charge in [0.2, 0.25) is 5.75 Å². The summed E-state index contributed by atoms with van der Waals surface area (Å²) in [7, 11) is 1.36. The van der Waals surface area contributed by atoms with Crippen molar-refractivity contribution in [2.45, 2.75) is 13.5 Å². The van der Waals surface area contributed by atoms with Gasteiger partial charge in [0.25, 0.3) is 5.56 Å². The lowest BCUT2D eigenvalue weighted by Crippen LogP contribution is -2.32. The molecule has 0 amide bonds. The standard InChI is InChI=1S/C24H20N4O6/c1-15-7-9-16(10-8-15)14-34-22-20(28(31)32)11-17(12-21(22)33-2)13-25-27-23(29)18-5-3-4-6-19(18)26-24(27)30/h3-13H,14H2,1-2H3,(H,26,30). The van der Waals surface area contributed by atoms with Crippen molar-refractivity contribution in [2.24, 2.45) is 5.10 Å². The molecular formula is C24H20N4O6. The zero-order chi connectivity index (χ0) is 24.2. The minimum atomic E-state index is -0.737. The molecule has 34 heavy (non-hydrogen) atoms. The largest absolute Gasteiger partial charge is 0.493 e. The van der Waals surface area contributed by atoms with E-state index < -0.39 is 16.2 Å². The molecule has 0 fully saturated rings. The Morgan fingerprint density at radius 2 is 1.85 bits per heavy atom. The number of benzene rings is 3. The summed E-state index contributed by atoms with van der Waals surface area (Å²) in [5.74, 6) is 0.0773. The number of aromatic amines is 1. The first-order valence-electron chi connectivity index (χ1n) is 10.2. The summed E-state index contributed by atoms with van der Waals surface area (Å²) in [6.45, 7) is 2.06. The van der Waals surface area contributed by atoms with Crippen molar-refractivity contribution >= 4 is 22.8 Å². The van der Waals surface area contributed by atoms with Crippen LogP contribution in [0.4, 0.5) is 5.69 Å². The van der Waals surface area contributed by atoms with E-state index in [0.29, 0.717) is 10.2 Å². The number of rotatable bonds is 7. The van der Waals surface area contributed by atoms with Gasteiger partial charge in [-0.3, -0.25) is 14.9 Å². The lowest BCUT2D eigenvalue weighted by atomic mass is 10.1. The van der Waals surface area contributed by atoms with Crippen molar-refractivity contribution in [3.63, 3.8) is 0 Å². The summed E-state index contributed by atoms with van der Waals surface area (Å²) in [4.78, 5) is 38.7. The second kappa shape index (κ2) is 9.41. The number of nitro groups is 1. The number of hydrogen-bond donors (Lipinski definition) is 1. The molecule has 1 heterocycles. The second-order valence-corrected chi connectivity index (χ2v) is 7.44. The van der Waals surface area contributed by atoms with Crippen LogP contribution in [0.15, 0.2) is 75.4 Å². The number of aryl methyl sites for hydroxylation is 1. The van der Waals surface area contributed by atoms with Crippen molar-refractivity contribution in [2.75, 3.05) is 7.11 Å². The van der Waals surface area contributed by atoms with E-state index in [1.165, 1.54) is 25.5 Å². The third-order valence-electron chi connectivity index (χ3n) is 5.08. The highest BCUT2D eigenvalue weighted by Crippen LogP contribution is 2.38. The number of nitrogens with one attached hydrogen (secondary N) is 1. The predicted octanol–water partition coefficient (Wildman–Crippen LogP) is 3.38. The van der Waals surface area contributed by atoms with E-state index in [2.05, 4.69) is 10.1 Å². The van der Waals surface area contributed by atoms with Gasteiger partial charge >= 0.3 is 11.4 Å². The molecule has 0 unspecified atom stereocenters. The van der Waals surface area contributed by atoms with E-state index in [9.17, 15) is 19.7 Å². The number of hydrogen-bond acceptors (Lipinski definition) is 7. The molecule has 10 nitrogen and oxygen atoms in total. The average molecular weight is 460 g/mol. The minimum Gasteiger partial charge on any atom is -0.493 e. The fourth-order valence-corrected chi connectivity index (χ4v) is 3.34. The van der Waals surface area contributed by atoms with Crippen LogP contribution in [0.5, 0.6) is 11.5 Å². The van der Waals surface area contributed by atoms with Gasteiger partial charge in [-0.2, -0.15) is 5.10 Å².